The van der Waals surface area contributed by atoms with Gasteiger partial charge >= 0.3 is 5.97 Å². The number of nitrogens with zero attached hydrogens (tertiary/aromatic N) is 4. The van der Waals surface area contributed by atoms with Gasteiger partial charge in [-0.25, -0.2) is 0 Å². The zero-order valence-corrected chi connectivity index (χ0v) is 25.7. The maximum atomic E-state index is 12.5. The normalized spacial score (nSPS) is 24.7. The molecule has 1 aromatic heterocycles. The third-order valence-corrected chi connectivity index (χ3v) is 10.3. The molecule has 0 radical (unpaired) electrons. The molecule has 6 heteroatoms. The summed E-state index contributed by atoms with van der Waals surface area (Å²) in [7, 11) is 0. The monoisotopic (exact) mass is 568 g/mol. The fourth-order valence-electron chi connectivity index (χ4n) is 7.77. The van der Waals surface area contributed by atoms with Crippen LogP contribution in [0, 0.1) is 18.8 Å². The molecule has 2 saturated heterocycles. The molecule has 3 aromatic rings. The highest BCUT2D eigenvalue weighted by molar-refractivity contribution is 5.73. The van der Waals surface area contributed by atoms with E-state index >= 15 is 0 Å². The zero-order valence-electron chi connectivity index (χ0n) is 25.7. The standard InChI is InChI=1S/C36H48N4O2/c1-4-40-34(22-31(37-40)20-27-10-6-5-7-11-27)29-15-17-38(18-16-29)23-32-26(3)39(35(36(41)42)21-28-13-14-28)24-33(32)30-12-8-9-25(2)19-30/h5-12,19,22,26,28-29,32-33,35H,4,13-18,20-21,23-24H2,1-3H3,(H,41,42)/t26?,32-,33+,35+/m0/s1. The Kier molecular flexibility index (Phi) is 8.83. The molecule has 1 saturated carbocycles. The molecule has 2 aromatic carbocycles. The third kappa shape index (κ3) is 6.50. The van der Waals surface area contributed by atoms with Gasteiger partial charge in [-0.05, 0) is 82.2 Å². The summed E-state index contributed by atoms with van der Waals surface area (Å²) in [6.45, 7) is 11.6. The number of aryl methyl sites for hydroxylation is 2. The van der Waals surface area contributed by atoms with E-state index in [1.165, 1.54) is 40.9 Å². The van der Waals surface area contributed by atoms with Crippen molar-refractivity contribution in [2.24, 2.45) is 11.8 Å². The predicted octanol–water partition coefficient (Wildman–Crippen LogP) is 6.34. The number of hydrogen-bond donors (Lipinski definition) is 1. The van der Waals surface area contributed by atoms with E-state index in [2.05, 4.69) is 95.9 Å². The second kappa shape index (κ2) is 12.7. The smallest absolute Gasteiger partial charge is 0.320 e. The number of aliphatic carboxylic acids is 1. The lowest BCUT2D eigenvalue weighted by molar-refractivity contribution is -0.144. The van der Waals surface area contributed by atoms with E-state index in [0.29, 0.717) is 23.7 Å². The Labute approximate surface area is 251 Å². The maximum Gasteiger partial charge on any atom is 0.320 e. The predicted molar refractivity (Wildman–Crippen MR) is 168 cm³/mol. The Bertz CT molecular complexity index is 1340. The van der Waals surface area contributed by atoms with E-state index in [-0.39, 0.29) is 12.1 Å². The number of benzene rings is 2. The summed E-state index contributed by atoms with van der Waals surface area (Å²) >= 11 is 0. The summed E-state index contributed by atoms with van der Waals surface area (Å²) in [6, 6.07) is 21.8. The molecule has 3 aliphatic rings. The number of aromatic nitrogens is 2. The van der Waals surface area contributed by atoms with E-state index in [1.807, 2.05) is 0 Å². The molecule has 6 nitrogen and oxygen atoms in total. The van der Waals surface area contributed by atoms with Crippen molar-refractivity contribution in [1.29, 1.82) is 0 Å². The number of carboxylic acids is 1. The molecule has 4 atom stereocenters. The van der Waals surface area contributed by atoms with Crippen LogP contribution in [-0.4, -0.2) is 68.9 Å². The molecule has 42 heavy (non-hydrogen) atoms. The zero-order chi connectivity index (χ0) is 29.2. The lowest BCUT2D eigenvalue weighted by atomic mass is 9.84. The first kappa shape index (κ1) is 29.1. The van der Waals surface area contributed by atoms with Crippen molar-refractivity contribution in [2.45, 2.75) is 89.8 Å². The minimum atomic E-state index is -0.641. The molecule has 224 valence electrons. The number of rotatable bonds is 11. The number of piperidine rings is 1. The van der Waals surface area contributed by atoms with Gasteiger partial charge in [-0.15, -0.1) is 0 Å². The van der Waals surface area contributed by atoms with Crippen molar-refractivity contribution in [3.05, 3.63) is 88.7 Å². The minimum Gasteiger partial charge on any atom is -0.480 e. The van der Waals surface area contributed by atoms with Crippen molar-refractivity contribution >= 4 is 5.97 Å². The lowest BCUT2D eigenvalue weighted by Crippen LogP contribution is -2.46. The van der Waals surface area contributed by atoms with Gasteiger partial charge in [0.25, 0.3) is 0 Å². The summed E-state index contributed by atoms with van der Waals surface area (Å²) in [4.78, 5) is 17.5. The van der Waals surface area contributed by atoms with E-state index < -0.39 is 5.97 Å². The number of carboxylic acid groups (broad SMARTS) is 1. The molecular weight excluding hydrogens is 520 g/mol. The third-order valence-electron chi connectivity index (χ3n) is 10.3. The van der Waals surface area contributed by atoms with E-state index in [9.17, 15) is 9.90 Å². The van der Waals surface area contributed by atoms with E-state index in [4.69, 9.17) is 5.10 Å². The van der Waals surface area contributed by atoms with E-state index in [0.717, 1.165) is 58.4 Å². The summed E-state index contributed by atoms with van der Waals surface area (Å²) in [6.07, 6.45) is 6.36. The quantitative estimate of drug-likeness (QED) is 0.293. The summed E-state index contributed by atoms with van der Waals surface area (Å²) in [5.41, 5.74) is 6.53. The van der Waals surface area contributed by atoms with Gasteiger partial charge in [0.05, 0.1) is 5.69 Å². The number of carbonyl (C=O) groups is 1. The Morgan fingerprint density at radius 2 is 1.79 bits per heavy atom. The highest BCUT2D eigenvalue weighted by atomic mass is 16.4. The van der Waals surface area contributed by atoms with Crippen LogP contribution in [0.3, 0.4) is 0 Å². The van der Waals surface area contributed by atoms with Crippen molar-refractivity contribution < 1.29 is 9.90 Å². The van der Waals surface area contributed by atoms with Gasteiger partial charge in [-0.2, -0.15) is 5.10 Å². The molecule has 1 unspecified atom stereocenters. The molecule has 3 fully saturated rings. The van der Waals surface area contributed by atoms with Gasteiger partial charge in [-0.3, -0.25) is 14.4 Å². The highest BCUT2D eigenvalue weighted by Gasteiger charge is 2.46. The Morgan fingerprint density at radius 1 is 1.02 bits per heavy atom. The highest BCUT2D eigenvalue weighted by Crippen LogP contribution is 2.43. The van der Waals surface area contributed by atoms with Crippen LogP contribution >= 0.6 is 0 Å². The largest absolute Gasteiger partial charge is 0.480 e. The average Bonchev–Trinajstić information content (AvgIpc) is 3.65. The molecule has 3 heterocycles. The second-order valence-corrected chi connectivity index (χ2v) is 13.3. The summed E-state index contributed by atoms with van der Waals surface area (Å²) in [5, 5.41) is 15.2. The Morgan fingerprint density at radius 3 is 2.45 bits per heavy atom. The number of hydrogen-bond acceptors (Lipinski definition) is 4. The molecule has 0 amide bonds. The molecule has 1 aliphatic carbocycles. The van der Waals surface area contributed by atoms with Crippen LogP contribution in [0.15, 0.2) is 60.7 Å². The summed E-state index contributed by atoms with van der Waals surface area (Å²) < 4.78 is 2.23. The first-order chi connectivity index (χ1) is 20.4. The van der Waals surface area contributed by atoms with Gasteiger partial charge in [0.15, 0.2) is 0 Å². The van der Waals surface area contributed by atoms with Crippen molar-refractivity contribution in [2.75, 3.05) is 26.2 Å². The molecular formula is C36H48N4O2. The van der Waals surface area contributed by atoms with Crippen LogP contribution in [0.1, 0.15) is 85.9 Å². The van der Waals surface area contributed by atoms with Crippen LogP contribution in [0.2, 0.25) is 0 Å². The van der Waals surface area contributed by atoms with E-state index in [1.54, 1.807) is 0 Å². The first-order valence-corrected chi connectivity index (χ1v) is 16.3. The fraction of sp³-hybridized carbons (Fsp3) is 0.556. The molecule has 0 spiro atoms. The molecule has 1 N–H and O–H groups in total. The molecule has 0 bridgehead atoms. The second-order valence-electron chi connectivity index (χ2n) is 13.3. The van der Waals surface area contributed by atoms with Crippen LogP contribution < -0.4 is 0 Å². The topological polar surface area (TPSA) is 61.6 Å². The van der Waals surface area contributed by atoms with Crippen molar-refractivity contribution in [1.82, 2.24) is 19.6 Å². The SMILES string of the molecule is CCn1nc(Cc2ccccc2)cc1C1CCN(C[C@H]2C(C)N([C@H](CC3CC3)C(=O)O)C[C@@H]2c2cccc(C)c2)CC1. The number of likely N-dealkylation sites (tertiary alicyclic amines) is 2. The fourth-order valence-corrected chi connectivity index (χ4v) is 7.77. The summed E-state index contributed by atoms with van der Waals surface area (Å²) in [5.74, 6) is 1.28. The van der Waals surface area contributed by atoms with Crippen molar-refractivity contribution in [3.63, 3.8) is 0 Å². The van der Waals surface area contributed by atoms with Gasteiger partial charge in [0.1, 0.15) is 6.04 Å². The van der Waals surface area contributed by atoms with Gasteiger partial charge < -0.3 is 10.0 Å². The first-order valence-electron chi connectivity index (χ1n) is 16.3. The minimum absolute atomic E-state index is 0.246. The van der Waals surface area contributed by atoms with Crippen LogP contribution in [0.4, 0.5) is 0 Å². The van der Waals surface area contributed by atoms with Gasteiger partial charge in [0, 0.05) is 49.6 Å². The van der Waals surface area contributed by atoms with Crippen LogP contribution in [-0.2, 0) is 17.8 Å². The van der Waals surface area contributed by atoms with Crippen LogP contribution in [0.25, 0.3) is 0 Å². The van der Waals surface area contributed by atoms with Gasteiger partial charge in [-0.1, -0.05) is 73.0 Å². The maximum absolute atomic E-state index is 12.5. The molecule has 6 rings (SSSR count). The lowest BCUT2D eigenvalue weighted by Gasteiger charge is -2.37. The van der Waals surface area contributed by atoms with Crippen LogP contribution in [0.5, 0.6) is 0 Å². The Balaban J connectivity index is 1.15. The van der Waals surface area contributed by atoms with Crippen molar-refractivity contribution in [3.8, 4) is 0 Å². The van der Waals surface area contributed by atoms with Gasteiger partial charge in [0.2, 0.25) is 0 Å². The average molecular weight is 569 g/mol. The Hall–Kier alpha value is -2.96. The molecule has 2 aliphatic heterocycles.